The fraction of sp³-hybridized carbons (Fsp3) is 0.222. The molecule has 0 unspecified atom stereocenters. The zero-order valence-corrected chi connectivity index (χ0v) is 10.2. The quantitative estimate of drug-likeness (QED) is 0.631. The fourth-order valence-corrected chi connectivity index (χ4v) is 1.76. The Morgan fingerprint density at radius 3 is 2.53 bits per heavy atom. The zero-order valence-electron chi connectivity index (χ0n) is 7.78. The van der Waals surface area contributed by atoms with Crippen LogP contribution in [0.5, 0.6) is 0 Å². The van der Waals surface area contributed by atoms with Gasteiger partial charge in [0.05, 0.1) is 0 Å². The number of carbonyl (C=O) groups is 1. The van der Waals surface area contributed by atoms with Gasteiger partial charge in [-0.3, -0.25) is 4.79 Å². The minimum atomic E-state index is -3.52. The first-order valence-corrected chi connectivity index (χ1v) is 6.82. The second kappa shape index (κ2) is 4.40. The van der Waals surface area contributed by atoms with Crippen molar-refractivity contribution >= 4 is 31.6 Å². The Morgan fingerprint density at radius 1 is 1.47 bits per heavy atom. The molecule has 1 aromatic rings. The molecule has 1 rings (SSSR count). The monoisotopic (exact) mass is 294 g/mol. The van der Waals surface area contributed by atoms with E-state index in [1.165, 1.54) is 18.2 Å². The van der Waals surface area contributed by atoms with E-state index in [0.717, 1.165) is 12.3 Å². The van der Waals surface area contributed by atoms with E-state index in [9.17, 15) is 17.6 Å². The topological polar surface area (TPSA) is 51.2 Å². The van der Waals surface area contributed by atoms with Crippen molar-refractivity contribution in [3.05, 3.63) is 35.6 Å². The Morgan fingerprint density at radius 2 is 2.07 bits per heavy atom. The molecule has 0 saturated heterocycles. The van der Waals surface area contributed by atoms with Gasteiger partial charge in [-0.2, -0.15) is 0 Å². The van der Waals surface area contributed by atoms with Gasteiger partial charge in [0.2, 0.25) is 0 Å². The minimum Gasteiger partial charge on any atom is -0.292 e. The van der Waals surface area contributed by atoms with Crippen molar-refractivity contribution in [2.45, 2.75) is 4.16 Å². The molecular formula is C9H8BrFO3S. The van der Waals surface area contributed by atoms with Gasteiger partial charge in [-0.1, -0.05) is 28.1 Å². The van der Waals surface area contributed by atoms with Crippen molar-refractivity contribution in [3.8, 4) is 0 Å². The van der Waals surface area contributed by atoms with Gasteiger partial charge in [0.25, 0.3) is 0 Å². The predicted octanol–water partition coefficient (Wildman–Crippen LogP) is 1.77. The summed E-state index contributed by atoms with van der Waals surface area (Å²) in [6, 6.07) is 4.90. The van der Waals surface area contributed by atoms with E-state index in [0.29, 0.717) is 0 Å². The van der Waals surface area contributed by atoms with Crippen molar-refractivity contribution in [1.82, 2.24) is 0 Å². The molecule has 0 aliphatic heterocycles. The van der Waals surface area contributed by atoms with Crippen LogP contribution in [-0.2, 0) is 9.84 Å². The maximum Gasteiger partial charge on any atom is 0.191 e. The lowest BCUT2D eigenvalue weighted by atomic mass is 10.1. The number of ketones is 1. The average molecular weight is 295 g/mol. The van der Waals surface area contributed by atoms with Crippen LogP contribution in [0.1, 0.15) is 10.4 Å². The summed E-state index contributed by atoms with van der Waals surface area (Å²) in [4.78, 5) is 11.6. The predicted molar refractivity (Wildman–Crippen MR) is 58.3 cm³/mol. The van der Waals surface area contributed by atoms with Crippen LogP contribution >= 0.6 is 15.9 Å². The van der Waals surface area contributed by atoms with Gasteiger partial charge in [0.15, 0.2) is 19.8 Å². The van der Waals surface area contributed by atoms with Crippen molar-refractivity contribution in [2.75, 3.05) is 6.26 Å². The lowest BCUT2D eigenvalue weighted by molar-refractivity contribution is 0.101. The molecule has 0 aliphatic rings. The summed E-state index contributed by atoms with van der Waals surface area (Å²) in [5.74, 6) is -1.24. The summed E-state index contributed by atoms with van der Waals surface area (Å²) >= 11 is 2.77. The van der Waals surface area contributed by atoms with E-state index in [4.69, 9.17) is 0 Å². The van der Waals surface area contributed by atoms with Crippen LogP contribution in [0.25, 0.3) is 0 Å². The Kier molecular flexibility index (Phi) is 3.62. The SMILES string of the molecule is CS(=O)(=O)[C@@H](Br)C(=O)c1cccc(F)c1. The molecule has 0 aliphatic carbocycles. The molecule has 6 heteroatoms. The highest BCUT2D eigenvalue weighted by molar-refractivity contribution is 9.11. The number of Topliss-reactive ketones (excluding diaryl/α,β-unsaturated/α-hetero) is 1. The fourth-order valence-electron chi connectivity index (χ4n) is 0.967. The first kappa shape index (κ1) is 12.3. The van der Waals surface area contributed by atoms with Gasteiger partial charge in [-0.15, -0.1) is 0 Å². The molecule has 1 atom stereocenters. The zero-order chi connectivity index (χ0) is 11.6. The largest absolute Gasteiger partial charge is 0.292 e. The summed E-state index contributed by atoms with van der Waals surface area (Å²) in [5, 5.41) is 0. The summed E-state index contributed by atoms with van der Waals surface area (Å²) in [6.07, 6.45) is 0.934. The first-order valence-electron chi connectivity index (χ1n) is 3.95. The highest BCUT2D eigenvalue weighted by Gasteiger charge is 2.26. The summed E-state index contributed by atoms with van der Waals surface area (Å²) in [6.45, 7) is 0. The van der Waals surface area contributed by atoms with E-state index in [-0.39, 0.29) is 5.56 Å². The number of halogens is 2. The van der Waals surface area contributed by atoms with Crippen molar-refractivity contribution in [1.29, 1.82) is 0 Å². The van der Waals surface area contributed by atoms with E-state index < -0.39 is 25.6 Å². The molecule has 0 fully saturated rings. The highest BCUT2D eigenvalue weighted by Crippen LogP contribution is 2.15. The molecule has 0 aromatic heterocycles. The normalized spacial score (nSPS) is 13.5. The summed E-state index contributed by atoms with van der Waals surface area (Å²) < 4.78 is 33.6. The van der Waals surface area contributed by atoms with Crippen molar-refractivity contribution in [2.24, 2.45) is 0 Å². The maximum atomic E-state index is 12.8. The van der Waals surface area contributed by atoms with Crippen LogP contribution in [-0.4, -0.2) is 24.6 Å². The number of sulfone groups is 1. The second-order valence-electron chi connectivity index (χ2n) is 3.02. The molecule has 0 amide bonds. The highest BCUT2D eigenvalue weighted by atomic mass is 79.9. The van der Waals surface area contributed by atoms with Gasteiger partial charge in [0, 0.05) is 11.8 Å². The number of alkyl halides is 1. The van der Waals surface area contributed by atoms with Gasteiger partial charge < -0.3 is 0 Å². The Labute approximate surface area is 95.3 Å². The van der Waals surface area contributed by atoms with Crippen molar-refractivity contribution in [3.63, 3.8) is 0 Å². The number of rotatable bonds is 3. The Hall–Kier alpha value is -0.750. The molecule has 0 spiro atoms. The lowest BCUT2D eigenvalue weighted by Gasteiger charge is -2.06. The standard InChI is InChI=1S/C9H8BrFO3S/c1-15(13,14)9(10)8(12)6-3-2-4-7(11)5-6/h2-5,9H,1H3/t9-/m1/s1. The number of benzene rings is 1. The molecular weight excluding hydrogens is 287 g/mol. The molecule has 0 radical (unpaired) electrons. The van der Waals surface area contributed by atoms with Crippen LogP contribution < -0.4 is 0 Å². The minimum absolute atomic E-state index is 0.0299. The molecule has 3 nitrogen and oxygen atoms in total. The molecule has 0 N–H and O–H groups in total. The van der Waals surface area contributed by atoms with Crippen LogP contribution in [0.15, 0.2) is 24.3 Å². The average Bonchev–Trinajstić information content (AvgIpc) is 2.14. The third kappa shape index (κ3) is 3.10. The van der Waals surface area contributed by atoms with Gasteiger partial charge >= 0.3 is 0 Å². The Bertz CT molecular complexity index is 484. The maximum absolute atomic E-state index is 12.8. The van der Waals surface area contributed by atoms with Crippen LogP contribution in [0.3, 0.4) is 0 Å². The van der Waals surface area contributed by atoms with E-state index >= 15 is 0 Å². The third-order valence-electron chi connectivity index (χ3n) is 1.69. The Balaban J connectivity index is 3.06. The van der Waals surface area contributed by atoms with Crippen molar-refractivity contribution < 1.29 is 17.6 Å². The summed E-state index contributed by atoms with van der Waals surface area (Å²) in [7, 11) is -3.52. The smallest absolute Gasteiger partial charge is 0.191 e. The molecule has 15 heavy (non-hydrogen) atoms. The lowest BCUT2D eigenvalue weighted by Crippen LogP contribution is -2.23. The van der Waals surface area contributed by atoms with E-state index in [2.05, 4.69) is 15.9 Å². The van der Waals surface area contributed by atoms with Crippen LogP contribution in [0, 0.1) is 5.82 Å². The third-order valence-corrected chi connectivity index (χ3v) is 5.11. The number of hydrogen-bond acceptors (Lipinski definition) is 3. The molecule has 1 aromatic carbocycles. The molecule has 0 bridgehead atoms. The molecule has 82 valence electrons. The summed E-state index contributed by atoms with van der Waals surface area (Å²) in [5.41, 5.74) is 0.0299. The van der Waals surface area contributed by atoms with Gasteiger partial charge in [-0.05, 0) is 12.1 Å². The van der Waals surface area contributed by atoms with Crippen LogP contribution in [0.2, 0.25) is 0 Å². The number of carbonyl (C=O) groups excluding carboxylic acids is 1. The van der Waals surface area contributed by atoms with Crippen LogP contribution in [0.4, 0.5) is 4.39 Å². The first-order chi connectivity index (χ1) is 6.82. The van der Waals surface area contributed by atoms with Gasteiger partial charge in [-0.25, -0.2) is 12.8 Å². The van der Waals surface area contributed by atoms with E-state index in [1.54, 1.807) is 0 Å². The van der Waals surface area contributed by atoms with Gasteiger partial charge in [0.1, 0.15) is 5.82 Å². The number of hydrogen-bond donors (Lipinski definition) is 0. The van der Waals surface area contributed by atoms with E-state index in [1.807, 2.05) is 0 Å². The molecule has 0 saturated carbocycles. The molecule has 0 heterocycles. The second-order valence-corrected chi connectivity index (χ2v) is 6.67.